The van der Waals surface area contributed by atoms with Gasteiger partial charge in [0.15, 0.2) is 5.82 Å². The van der Waals surface area contributed by atoms with Gasteiger partial charge in [-0.1, -0.05) is 26.0 Å². The highest BCUT2D eigenvalue weighted by Crippen LogP contribution is 2.38. The summed E-state index contributed by atoms with van der Waals surface area (Å²) in [6.45, 7) is 3.89. The summed E-state index contributed by atoms with van der Waals surface area (Å²) in [6, 6.07) is 7.47. The zero-order valence-electron chi connectivity index (χ0n) is 15.6. The van der Waals surface area contributed by atoms with Crippen LogP contribution >= 0.6 is 11.8 Å². The SMILES string of the molecule is CCCC(=O)N1N=C(c2cccc(OC)c2)Sc2c1ncn2C(=O)CCC. The average molecular weight is 386 g/mol. The molecule has 0 spiro atoms. The topological polar surface area (TPSA) is 76.8 Å². The van der Waals surface area contributed by atoms with Gasteiger partial charge in [-0.3, -0.25) is 14.2 Å². The van der Waals surface area contributed by atoms with Gasteiger partial charge in [0.1, 0.15) is 22.1 Å². The van der Waals surface area contributed by atoms with Crippen molar-refractivity contribution in [3.8, 4) is 5.75 Å². The van der Waals surface area contributed by atoms with Crippen molar-refractivity contribution in [1.29, 1.82) is 0 Å². The van der Waals surface area contributed by atoms with E-state index in [0.29, 0.717) is 40.9 Å². The van der Waals surface area contributed by atoms with E-state index in [9.17, 15) is 9.59 Å². The Morgan fingerprint density at radius 1 is 1.15 bits per heavy atom. The molecule has 0 radical (unpaired) electrons. The number of ether oxygens (including phenoxy) is 1. The molecule has 0 fully saturated rings. The minimum Gasteiger partial charge on any atom is -0.497 e. The van der Waals surface area contributed by atoms with Crippen molar-refractivity contribution in [2.75, 3.05) is 12.1 Å². The molecule has 0 N–H and O–H groups in total. The van der Waals surface area contributed by atoms with Gasteiger partial charge in [-0.25, -0.2) is 4.98 Å². The molecule has 142 valence electrons. The maximum atomic E-state index is 12.6. The smallest absolute Gasteiger partial charge is 0.248 e. The maximum Gasteiger partial charge on any atom is 0.248 e. The molecular formula is C19H22N4O3S. The molecule has 0 saturated carbocycles. The van der Waals surface area contributed by atoms with Crippen molar-refractivity contribution < 1.29 is 14.3 Å². The van der Waals surface area contributed by atoms with Crippen LogP contribution in [0.15, 0.2) is 40.7 Å². The Bertz CT molecular complexity index is 891. The number of thioether (sulfide) groups is 1. The van der Waals surface area contributed by atoms with Gasteiger partial charge in [0.05, 0.1) is 7.11 Å². The van der Waals surface area contributed by atoms with Crippen molar-refractivity contribution in [2.45, 2.75) is 44.6 Å². The molecule has 1 aliphatic heterocycles. The van der Waals surface area contributed by atoms with E-state index in [0.717, 1.165) is 12.0 Å². The predicted octanol–water partition coefficient (Wildman–Crippen LogP) is 3.93. The summed E-state index contributed by atoms with van der Waals surface area (Å²) in [5, 5.41) is 7.08. The van der Waals surface area contributed by atoms with Crippen LogP contribution in [0.3, 0.4) is 0 Å². The Hall–Kier alpha value is -2.61. The summed E-state index contributed by atoms with van der Waals surface area (Å²) in [4.78, 5) is 29.4. The number of hydrogen-bond donors (Lipinski definition) is 0. The van der Waals surface area contributed by atoms with E-state index in [1.807, 2.05) is 38.1 Å². The van der Waals surface area contributed by atoms with Crippen LogP contribution in [0.5, 0.6) is 5.75 Å². The average Bonchev–Trinajstić information content (AvgIpc) is 3.11. The molecule has 1 aromatic heterocycles. The van der Waals surface area contributed by atoms with Crippen LogP contribution < -0.4 is 9.75 Å². The van der Waals surface area contributed by atoms with Crippen molar-refractivity contribution in [3.63, 3.8) is 0 Å². The Labute approximate surface area is 162 Å². The number of fused-ring (bicyclic) bond motifs is 1. The van der Waals surface area contributed by atoms with Gasteiger partial charge in [-0.05, 0) is 36.7 Å². The predicted molar refractivity (Wildman–Crippen MR) is 106 cm³/mol. The lowest BCUT2D eigenvalue weighted by Gasteiger charge is -2.23. The molecule has 0 atom stereocenters. The Kier molecular flexibility index (Phi) is 5.95. The molecule has 2 aromatic rings. The molecule has 8 heteroatoms. The van der Waals surface area contributed by atoms with Crippen molar-refractivity contribution in [3.05, 3.63) is 36.2 Å². The largest absolute Gasteiger partial charge is 0.497 e. The third-order valence-electron chi connectivity index (χ3n) is 4.04. The molecule has 1 amide bonds. The monoisotopic (exact) mass is 386 g/mol. The van der Waals surface area contributed by atoms with Gasteiger partial charge in [-0.2, -0.15) is 10.1 Å². The number of hydrogen-bond acceptors (Lipinski definition) is 6. The van der Waals surface area contributed by atoms with Crippen LogP contribution in [-0.2, 0) is 4.79 Å². The van der Waals surface area contributed by atoms with Crippen LogP contribution in [0.4, 0.5) is 5.82 Å². The molecule has 1 aliphatic rings. The zero-order valence-corrected chi connectivity index (χ0v) is 16.5. The number of rotatable bonds is 6. The van der Waals surface area contributed by atoms with E-state index in [2.05, 4.69) is 10.1 Å². The summed E-state index contributed by atoms with van der Waals surface area (Å²) in [7, 11) is 1.60. The number of nitrogens with zero attached hydrogens (tertiary/aromatic N) is 4. The molecule has 2 heterocycles. The van der Waals surface area contributed by atoms with Crippen LogP contribution in [0.2, 0.25) is 0 Å². The summed E-state index contributed by atoms with van der Waals surface area (Å²) in [5.74, 6) is 0.916. The van der Waals surface area contributed by atoms with E-state index < -0.39 is 0 Å². The lowest BCUT2D eigenvalue weighted by atomic mass is 10.2. The highest BCUT2D eigenvalue weighted by atomic mass is 32.2. The molecular weight excluding hydrogens is 364 g/mol. The summed E-state index contributed by atoms with van der Waals surface area (Å²) < 4.78 is 6.81. The number of aromatic nitrogens is 2. The second kappa shape index (κ2) is 8.39. The first-order valence-corrected chi connectivity index (χ1v) is 9.75. The zero-order chi connectivity index (χ0) is 19.4. The summed E-state index contributed by atoms with van der Waals surface area (Å²) in [6.07, 6.45) is 3.70. The summed E-state index contributed by atoms with van der Waals surface area (Å²) in [5.41, 5.74) is 0.815. The number of hydrazone groups is 1. The third-order valence-corrected chi connectivity index (χ3v) is 5.12. The molecule has 0 unspecified atom stereocenters. The molecule has 0 aliphatic carbocycles. The molecule has 7 nitrogen and oxygen atoms in total. The normalized spacial score (nSPS) is 13.1. The van der Waals surface area contributed by atoms with Crippen LogP contribution in [0.25, 0.3) is 0 Å². The van der Waals surface area contributed by atoms with Crippen LogP contribution in [0, 0.1) is 0 Å². The first kappa shape index (κ1) is 19.2. The molecule has 0 bridgehead atoms. The fraction of sp³-hybridized carbons (Fsp3) is 0.368. The molecule has 1 aromatic carbocycles. The van der Waals surface area contributed by atoms with Gasteiger partial charge >= 0.3 is 0 Å². The quantitative estimate of drug-likeness (QED) is 0.752. The van der Waals surface area contributed by atoms with Crippen molar-refractivity contribution >= 4 is 34.4 Å². The van der Waals surface area contributed by atoms with E-state index in [4.69, 9.17) is 4.74 Å². The Morgan fingerprint density at radius 2 is 1.89 bits per heavy atom. The van der Waals surface area contributed by atoms with E-state index >= 15 is 0 Å². The van der Waals surface area contributed by atoms with Gasteiger partial charge in [0, 0.05) is 18.4 Å². The fourth-order valence-electron chi connectivity index (χ4n) is 2.70. The highest BCUT2D eigenvalue weighted by molar-refractivity contribution is 8.14. The van der Waals surface area contributed by atoms with Gasteiger partial charge in [-0.15, -0.1) is 0 Å². The minimum atomic E-state index is -0.146. The number of imidazole rings is 1. The standard InChI is InChI=1S/C19H22N4O3S/c1-4-7-15(24)22-12-20-17-19(22)27-18(21-23(17)16(25)8-5-2)13-9-6-10-14(11-13)26-3/h6,9-12H,4-5,7-8H2,1-3H3. The number of carbonyl (C=O) groups is 2. The van der Waals surface area contributed by atoms with E-state index in [-0.39, 0.29) is 11.8 Å². The number of carbonyl (C=O) groups excluding carboxylic acids is 2. The van der Waals surface area contributed by atoms with Crippen molar-refractivity contribution in [2.24, 2.45) is 5.10 Å². The van der Waals surface area contributed by atoms with E-state index in [1.54, 1.807) is 7.11 Å². The van der Waals surface area contributed by atoms with Gasteiger partial charge < -0.3 is 4.74 Å². The lowest BCUT2D eigenvalue weighted by Crippen LogP contribution is -2.30. The number of anilines is 1. The second-order valence-corrected chi connectivity index (χ2v) is 7.06. The van der Waals surface area contributed by atoms with E-state index in [1.165, 1.54) is 27.7 Å². The minimum absolute atomic E-state index is 0.0477. The van der Waals surface area contributed by atoms with Crippen LogP contribution in [-0.4, -0.2) is 33.5 Å². The number of benzene rings is 1. The highest BCUT2D eigenvalue weighted by Gasteiger charge is 2.31. The Morgan fingerprint density at radius 3 is 2.59 bits per heavy atom. The second-order valence-electron chi connectivity index (χ2n) is 6.08. The fourth-order valence-corrected chi connectivity index (χ4v) is 3.72. The first-order valence-electron chi connectivity index (χ1n) is 8.93. The first-order chi connectivity index (χ1) is 13.1. The third kappa shape index (κ3) is 3.90. The molecule has 27 heavy (non-hydrogen) atoms. The lowest BCUT2D eigenvalue weighted by molar-refractivity contribution is -0.118. The molecule has 3 rings (SSSR count). The van der Waals surface area contributed by atoms with Crippen LogP contribution in [0.1, 0.15) is 49.9 Å². The maximum absolute atomic E-state index is 12.6. The number of methoxy groups -OCH3 is 1. The Balaban J connectivity index is 2.05. The van der Waals surface area contributed by atoms with Gasteiger partial charge in [0.25, 0.3) is 0 Å². The van der Waals surface area contributed by atoms with Gasteiger partial charge in [0.2, 0.25) is 11.8 Å². The molecule has 0 saturated heterocycles. The summed E-state index contributed by atoms with van der Waals surface area (Å²) >= 11 is 1.34. The number of amides is 1. The van der Waals surface area contributed by atoms with Crippen molar-refractivity contribution in [1.82, 2.24) is 9.55 Å².